The molecule has 0 unspecified atom stereocenters. The van der Waals surface area contributed by atoms with Crippen LogP contribution in [0.15, 0.2) is 83.1 Å². The number of rotatable bonds is 14. The number of carbonyl (C=O) groups is 4. The first-order valence-corrected chi connectivity index (χ1v) is 41.1. The van der Waals surface area contributed by atoms with Gasteiger partial charge in [-0.05, 0) is 158 Å². The summed E-state index contributed by atoms with van der Waals surface area (Å²) < 4.78 is 46.8. The zero-order valence-corrected chi connectivity index (χ0v) is 64.0. The molecule has 0 aliphatic carbocycles. The highest BCUT2D eigenvalue weighted by molar-refractivity contribution is 7.91. The van der Waals surface area contributed by atoms with Crippen LogP contribution in [0, 0.1) is 56.7 Å². The lowest BCUT2D eigenvalue weighted by Crippen LogP contribution is -2.52. The molecule has 2 aromatic carbocycles. The predicted octanol–water partition coefficient (Wildman–Crippen LogP) is 6.08. The van der Waals surface area contributed by atoms with Gasteiger partial charge in [0.15, 0.2) is 65.5 Å². The Morgan fingerprint density at radius 3 is 1.05 bits per heavy atom. The lowest BCUT2D eigenvalue weighted by Gasteiger charge is -2.36. The molecule has 4 aromatic heterocycles. The fourth-order valence-electron chi connectivity index (χ4n) is 13.9. The number of primary amides is 1. The Morgan fingerprint density at radius 1 is 0.396 bits per heavy atom. The Bertz CT molecular complexity index is 4720. The molecule has 0 saturated carbocycles. The third-order valence-corrected chi connectivity index (χ3v) is 22.1. The van der Waals surface area contributed by atoms with Crippen molar-refractivity contribution in [1.82, 2.24) is 70.5 Å². The molecular formula is C74H93N27O8S2. The Morgan fingerprint density at radius 2 is 0.712 bits per heavy atom. The Kier molecular flexibility index (Phi) is 28.7. The van der Waals surface area contributed by atoms with Crippen LogP contribution in [0.3, 0.4) is 0 Å². The highest BCUT2D eigenvalue weighted by atomic mass is 32.2. The van der Waals surface area contributed by atoms with Gasteiger partial charge in [0.2, 0.25) is 0 Å². The number of sulfone groups is 2. The van der Waals surface area contributed by atoms with Crippen LogP contribution in [0.2, 0.25) is 0 Å². The van der Waals surface area contributed by atoms with Gasteiger partial charge in [0, 0.05) is 140 Å². The van der Waals surface area contributed by atoms with Crippen LogP contribution in [0.25, 0.3) is 0 Å². The molecule has 7 aliphatic heterocycles. The molecular weight excluding hydrogens is 1460 g/mol. The number of hydrogen-bond donors (Lipinski definition) is 7. The summed E-state index contributed by atoms with van der Waals surface area (Å²) in [5.41, 5.74) is 12.9. The first-order chi connectivity index (χ1) is 53.5. The van der Waals surface area contributed by atoms with E-state index in [9.17, 15) is 41.3 Å². The number of amides is 7. The maximum absolute atomic E-state index is 12.6. The second kappa shape index (κ2) is 39.0. The van der Waals surface area contributed by atoms with E-state index in [1.54, 1.807) is 30.5 Å². The number of aromatic nitrogens is 8. The second-order valence-corrected chi connectivity index (χ2v) is 32.2. The monoisotopic (exact) mass is 1550 g/mol. The van der Waals surface area contributed by atoms with E-state index in [0.717, 1.165) is 168 Å². The zero-order chi connectivity index (χ0) is 79.0. The van der Waals surface area contributed by atoms with E-state index < -0.39 is 25.6 Å². The number of piperidine rings is 7. The van der Waals surface area contributed by atoms with Gasteiger partial charge in [-0.15, -0.1) is 0 Å². The van der Waals surface area contributed by atoms with Crippen LogP contribution >= 0.6 is 0 Å². The molecule has 35 nitrogen and oxygen atoms in total. The van der Waals surface area contributed by atoms with Gasteiger partial charge >= 0.3 is 18.1 Å². The largest absolute Gasteiger partial charge is 0.364 e. The summed E-state index contributed by atoms with van der Waals surface area (Å²) in [6, 6.07) is 22.1. The van der Waals surface area contributed by atoms with Crippen molar-refractivity contribution in [2.75, 3.05) is 134 Å². The lowest BCUT2D eigenvalue weighted by atomic mass is 10.1. The van der Waals surface area contributed by atoms with E-state index in [1.165, 1.54) is 62.1 Å². The van der Waals surface area contributed by atoms with Gasteiger partial charge in [0.1, 0.15) is 53.6 Å². The van der Waals surface area contributed by atoms with Crippen LogP contribution in [0.1, 0.15) is 148 Å². The van der Waals surface area contributed by atoms with Crippen LogP contribution in [-0.2, 0) is 19.7 Å². The number of carbonyl (C=O) groups excluding carboxylic acids is 4. The number of nitriles is 5. The average molecular weight is 1550 g/mol. The lowest BCUT2D eigenvalue weighted by molar-refractivity contribution is 0.0995. The third kappa shape index (κ3) is 23.1. The van der Waals surface area contributed by atoms with Gasteiger partial charge in [0.05, 0.1) is 34.6 Å². The summed E-state index contributed by atoms with van der Waals surface area (Å²) in [7, 11) is -6.62. The van der Waals surface area contributed by atoms with Crippen molar-refractivity contribution < 1.29 is 36.0 Å². The van der Waals surface area contributed by atoms with Crippen molar-refractivity contribution in [3.8, 4) is 30.3 Å². The molecule has 0 spiro atoms. The highest BCUT2D eigenvalue weighted by Crippen LogP contribution is 2.29. The Labute approximate surface area is 646 Å². The van der Waals surface area contributed by atoms with Gasteiger partial charge in [-0.2, -0.15) is 26.3 Å². The molecule has 0 bridgehead atoms. The molecule has 6 aromatic rings. The number of benzene rings is 2. The van der Waals surface area contributed by atoms with Crippen molar-refractivity contribution in [1.29, 1.82) is 26.3 Å². The molecule has 9 N–H and O–H groups in total. The van der Waals surface area contributed by atoms with Gasteiger partial charge in [0.25, 0.3) is 5.91 Å². The number of nitrogens with two attached hydrogens (primary N) is 2. The Balaban J connectivity index is 0.000000162. The van der Waals surface area contributed by atoms with E-state index in [-0.39, 0.29) is 92.0 Å². The molecule has 37 heteroatoms. The van der Waals surface area contributed by atoms with Crippen molar-refractivity contribution in [3.63, 3.8) is 0 Å². The van der Waals surface area contributed by atoms with E-state index >= 15 is 0 Å². The quantitative estimate of drug-likeness (QED) is 0.0649. The molecule has 7 amide bonds. The average Bonchev–Trinajstić information content (AvgIpc) is 0.805. The summed E-state index contributed by atoms with van der Waals surface area (Å²) in [4.78, 5) is 97.8. The molecule has 111 heavy (non-hydrogen) atoms. The van der Waals surface area contributed by atoms with Gasteiger partial charge in [-0.25, -0.2) is 71.1 Å². The molecule has 4 atom stereocenters. The van der Waals surface area contributed by atoms with Crippen LogP contribution in [0.5, 0.6) is 0 Å². The summed E-state index contributed by atoms with van der Waals surface area (Å²) in [6.45, 7) is 10.6. The van der Waals surface area contributed by atoms with Crippen molar-refractivity contribution in [2.24, 2.45) is 11.5 Å². The van der Waals surface area contributed by atoms with E-state index in [0.29, 0.717) is 66.6 Å². The maximum atomic E-state index is 12.6. The van der Waals surface area contributed by atoms with E-state index in [4.69, 9.17) is 32.5 Å². The number of hydrogen-bond acceptors (Lipinski definition) is 28. The van der Waals surface area contributed by atoms with Crippen molar-refractivity contribution in [2.45, 2.75) is 143 Å². The van der Waals surface area contributed by atoms with Crippen molar-refractivity contribution >= 4 is 90.0 Å². The summed E-state index contributed by atoms with van der Waals surface area (Å²) >= 11 is 0. The number of anilines is 8. The number of likely N-dealkylation sites (tertiary alicyclic amines) is 3. The smallest absolute Gasteiger partial charge is 0.317 e. The molecule has 0 radical (unpaired) electrons. The highest BCUT2D eigenvalue weighted by Gasteiger charge is 2.31. The second-order valence-electron chi connectivity index (χ2n) is 28.2. The minimum Gasteiger partial charge on any atom is -0.364 e. The normalized spacial score (nSPS) is 19.2. The van der Waals surface area contributed by atoms with Crippen LogP contribution in [0.4, 0.5) is 60.7 Å². The van der Waals surface area contributed by atoms with Crippen LogP contribution < -0.4 is 57.7 Å². The summed E-state index contributed by atoms with van der Waals surface area (Å²) in [6.07, 6.45) is 25.7. The van der Waals surface area contributed by atoms with Gasteiger partial charge < -0.3 is 72.4 Å². The molecule has 584 valence electrons. The van der Waals surface area contributed by atoms with Crippen molar-refractivity contribution in [3.05, 3.63) is 107 Å². The predicted molar refractivity (Wildman–Crippen MR) is 413 cm³/mol. The molecule has 7 fully saturated rings. The van der Waals surface area contributed by atoms with Crippen LogP contribution in [-0.4, -0.2) is 224 Å². The fraction of sp³-hybridized carbons (Fsp3) is 0.500. The van der Waals surface area contributed by atoms with E-state index in [2.05, 4.69) is 71.4 Å². The zero-order valence-electron chi connectivity index (χ0n) is 62.3. The minimum absolute atomic E-state index is 0.00245. The fourth-order valence-corrected chi connectivity index (χ4v) is 15.2. The van der Waals surface area contributed by atoms with E-state index in [1.807, 2.05) is 59.7 Å². The van der Waals surface area contributed by atoms with Gasteiger partial charge in [-0.1, -0.05) is 0 Å². The number of nitrogens with zero attached hydrogens (tertiary/aromatic N) is 20. The van der Waals surface area contributed by atoms with Gasteiger partial charge in [-0.3, -0.25) is 4.79 Å². The summed E-state index contributed by atoms with van der Waals surface area (Å²) in [5.74, 6) is 2.12. The number of nitrogens with one attached hydrogen (secondary N) is 5. The third-order valence-electron chi connectivity index (χ3n) is 19.8. The standard InChI is InChI=1S/C23H31N7O4S.C23H29N7O3S.C17H21N7O.C11H12N6/c1-35(33,34)18-9-7-16(8-10-18)26-22-20(21(24)31)25-14-19(28-22)30-13-5-6-17(15-30)27-23(32)29-11-3-2-4-12-29;1-34(32,33)19-9-7-17(8-10-19)26-22-20(14-24)25-15-21(28-22)30-13-5-6-18(16-30)27-23(31)29-11-3-2-4-12-29;18-9-14-15(10-19)22-16(11-20-14)24-8-4-5-13(12-24)21-17(25)23-6-2-1-3-7-23;12-4-9-10(5-13)16-11(6-15-9)17-3-1-2-8(14)7-17/h7-10,14,17H,2-6,11-13,15H2,1H3,(H2,24,31)(H,26,28)(H,27,32);7-10,15,18H,2-6,11-13,16H2,1H3,(H,26,28)(H,27,31);11,13H,1-8,12H2,(H,21,25);6,8H,1-3,7,14H2/t17-;18-;13-;8-/m1111/s1. The number of urea groups is 3. The molecule has 11 heterocycles. The first kappa shape index (κ1) is 81.7. The summed E-state index contributed by atoms with van der Waals surface area (Å²) in [5, 5.41) is 60.7. The Hall–Kier alpha value is -11.8. The molecule has 7 saturated heterocycles. The molecule has 13 rings (SSSR count). The topological polar surface area (TPSA) is 494 Å². The SMILES string of the molecule is CS(=O)(=O)c1ccc(Nc2nc(N3CCC[C@@H](NC(=O)N4CCCCC4)C3)cnc2C#N)cc1.CS(=O)(=O)c1ccc(Nc2nc(N3CCC[C@@H](NC(=O)N4CCCCC4)C3)cnc2C(N)=O)cc1.N#Cc1ncc(N2CCC[C@@H](N)C2)nc1C#N.N#Cc1ncc(N2CCC[C@@H](NC(=O)N3CCCCC3)C2)nc1C#N. The maximum Gasteiger partial charge on any atom is 0.317 e. The molecule has 7 aliphatic rings. The minimum atomic E-state index is -3.33. The first-order valence-electron chi connectivity index (χ1n) is 37.3.